The maximum Gasteiger partial charge on any atom is 0.226 e. The first-order chi connectivity index (χ1) is 14.1. The van der Waals surface area contributed by atoms with Gasteiger partial charge in [-0.1, -0.05) is 0 Å². The first kappa shape index (κ1) is 22.0. The summed E-state index contributed by atoms with van der Waals surface area (Å²) in [4.78, 5) is 29.6. The van der Waals surface area contributed by atoms with E-state index in [4.69, 9.17) is 0 Å². The number of hydrogen-bond acceptors (Lipinski definition) is 6. The van der Waals surface area contributed by atoms with Crippen molar-refractivity contribution in [3.05, 3.63) is 0 Å². The highest BCUT2D eigenvalue weighted by Gasteiger charge is 2.49. The lowest BCUT2D eigenvalue weighted by Gasteiger charge is -2.54. The number of carbonyl (C=O) groups excluding carboxylic acids is 2. The number of nitrogens with one attached hydrogen (secondary N) is 1. The van der Waals surface area contributed by atoms with E-state index in [1.54, 1.807) is 6.92 Å². The summed E-state index contributed by atoms with van der Waals surface area (Å²) < 4.78 is 23.0. The maximum absolute atomic E-state index is 13.0. The lowest BCUT2D eigenvalue weighted by Crippen LogP contribution is -2.67. The fraction of sp³-hybridized carbons (Fsp3) is 0.905. The van der Waals surface area contributed by atoms with Crippen molar-refractivity contribution in [2.45, 2.75) is 64.1 Å². The number of sulfone groups is 1. The highest BCUT2D eigenvalue weighted by Crippen LogP contribution is 2.41. The van der Waals surface area contributed by atoms with Crippen LogP contribution in [0.5, 0.6) is 0 Å². The molecule has 4 rings (SSSR count). The average Bonchev–Trinajstić information content (AvgIpc) is 3.41. The lowest BCUT2D eigenvalue weighted by atomic mass is 9.73. The standard InChI is InChI=1S/C21H36N4O4S/c1-14-12-24(21(27)16-4-5-16)20-10-17(6-7-19(20)25(14)15(2)26)18-11-22-23(13-18)8-9-30(3,28)29/h14,16-20,22H,4-13H2,1-3H3. The van der Waals surface area contributed by atoms with Crippen LogP contribution in [0.1, 0.15) is 46.0 Å². The molecule has 30 heavy (non-hydrogen) atoms. The monoisotopic (exact) mass is 440 g/mol. The summed E-state index contributed by atoms with van der Waals surface area (Å²) in [5.74, 6) is 1.70. The summed E-state index contributed by atoms with van der Waals surface area (Å²) in [7, 11) is -2.97. The van der Waals surface area contributed by atoms with Gasteiger partial charge >= 0.3 is 0 Å². The Labute approximate surface area is 180 Å². The summed E-state index contributed by atoms with van der Waals surface area (Å²) in [5, 5.41) is 2.04. The molecule has 2 aliphatic heterocycles. The highest BCUT2D eigenvalue weighted by atomic mass is 32.2. The first-order valence-electron chi connectivity index (χ1n) is 11.4. The van der Waals surface area contributed by atoms with Crippen molar-refractivity contribution in [1.82, 2.24) is 20.2 Å². The zero-order valence-corrected chi connectivity index (χ0v) is 19.2. The molecular weight excluding hydrogens is 404 g/mol. The van der Waals surface area contributed by atoms with Crippen molar-refractivity contribution in [3.63, 3.8) is 0 Å². The third-order valence-electron chi connectivity index (χ3n) is 7.52. The summed E-state index contributed by atoms with van der Waals surface area (Å²) in [5.41, 5.74) is 3.37. The molecule has 5 unspecified atom stereocenters. The van der Waals surface area contributed by atoms with Gasteiger partial charge in [-0.3, -0.25) is 15.0 Å². The van der Waals surface area contributed by atoms with Crippen LogP contribution in [-0.4, -0.2) is 91.4 Å². The number of fused-ring (bicyclic) bond motifs is 1. The van der Waals surface area contributed by atoms with Gasteiger partial charge in [-0.15, -0.1) is 0 Å². The number of piperazine rings is 1. The molecule has 2 heterocycles. The van der Waals surface area contributed by atoms with Gasteiger partial charge in [0.25, 0.3) is 0 Å². The molecule has 1 N–H and O–H groups in total. The van der Waals surface area contributed by atoms with Crippen molar-refractivity contribution in [3.8, 4) is 0 Å². The molecule has 2 saturated heterocycles. The van der Waals surface area contributed by atoms with Crippen molar-refractivity contribution >= 4 is 21.7 Å². The van der Waals surface area contributed by atoms with E-state index >= 15 is 0 Å². The Kier molecular flexibility index (Phi) is 6.16. The van der Waals surface area contributed by atoms with Gasteiger partial charge in [0, 0.05) is 51.3 Å². The second kappa shape index (κ2) is 8.39. The number of hydrogen-bond donors (Lipinski definition) is 1. The summed E-state index contributed by atoms with van der Waals surface area (Å²) in [6, 6.07) is 0.311. The van der Waals surface area contributed by atoms with Gasteiger partial charge < -0.3 is 9.80 Å². The number of carbonyl (C=O) groups is 2. The zero-order chi connectivity index (χ0) is 21.6. The molecular formula is C21H36N4O4S. The third kappa shape index (κ3) is 4.67. The number of rotatable bonds is 5. The lowest BCUT2D eigenvalue weighted by molar-refractivity contribution is -0.155. The average molecular weight is 441 g/mol. The van der Waals surface area contributed by atoms with Crippen LogP contribution in [-0.2, 0) is 19.4 Å². The Bertz CT molecular complexity index is 784. The second-order valence-electron chi connectivity index (χ2n) is 9.95. The van der Waals surface area contributed by atoms with Crippen LogP contribution in [0.25, 0.3) is 0 Å². The summed E-state index contributed by atoms with van der Waals surface area (Å²) >= 11 is 0. The normalized spacial score (nSPS) is 35.4. The largest absolute Gasteiger partial charge is 0.335 e. The minimum Gasteiger partial charge on any atom is -0.335 e. The molecule has 0 aromatic rings. The zero-order valence-electron chi connectivity index (χ0n) is 18.4. The van der Waals surface area contributed by atoms with E-state index < -0.39 is 9.84 Å². The molecule has 9 heteroatoms. The van der Waals surface area contributed by atoms with E-state index in [0.717, 1.165) is 45.2 Å². The Morgan fingerprint density at radius 1 is 1.03 bits per heavy atom. The van der Waals surface area contributed by atoms with Crippen LogP contribution in [0.2, 0.25) is 0 Å². The molecule has 170 valence electrons. The van der Waals surface area contributed by atoms with Crippen molar-refractivity contribution in [2.75, 3.05) is 38.2 Å². The van der Waals surface area contributed by atoms with E-state index in [9.17, 15) is 18.0 Å². The molecule has 0 bridgehead atoms. The van der Waals surface area contributed by atoms with E-state index in [2.05, 4.69) is 17.2 Å². The van der Waals surface area contributed by atoms with E-state index in [-0.39, 0.29) is 35.7 Å². The molecule has 5 atom stereocenters. The van der Waals surface area contributed by atoms with E-state index in [0.29, 0.717) is 30.8 Å². The van der Waals surface area contributed by atoms with Gasteiger partial charge in [-0.2, -0.15) is 0 Å². The van der Waals surface area contributed by atoms with Crippen molar-refractivity contribution in [2.24, 2.45) is 17.8 Å². The van der Waals surface area contributed by atoms with Gasteiger partial charge in [0.1, 0.15) is 9.84 Å². The van der Waals surface area contributed by atoms with Gasteiger partial charge in [-0.05, 0) is 50.9 Å². The second-order valence-corrected chi connectivity index (χ2v) is 12.2. The summed E-state index contributed by atoms with van der Waals surface area (Å²) in [6.07, 6.45) is 6.21. The van der Waals surface area contributed by atoms with Crippen molar-refractivity contribution in [1.29, 1.82) is 0 Å². The maximum atomic E-state index is 13.0. The quantitative estimate of drug-likeness (QED) is 0.669. The van der Waals surface area contributed by atoms with Crippen LogP contribution >= 0.6 is 0 Å². The predicted octanol–water partition coefficient (Wildman–Crippen LogP) is 0.494. The molecule has 2 amide bonds. The number of nitrogens with zero attached hydrogens (tertiary/aromatic N) is 3. The molecule has 2 aliphatic carbocycles. The molecule has 8 nitrogen and oxygen atoms in total. The minimum atomic E-state index is -2.97. The third-order valence-corrected chi connectivity index (χ3v) is 8.44. The van der Waals surface area contributed by atoms with Crippen molar-refractivity contribution < 1.29 is 18.0 Å². The Morgan fingerprint density at radius 3 is 2.40 bits per heavy atom. The highest BCUT2D eigenvalue weighted by molar-refractivity contribution is 7.90. The van der Waals surface area contributed by atoms with Crippen LogP contribution in [0.3, 0.4) is 0 Å². The SMILES string of the molecule is CC(=O)N1C(C)CN(C(=O)C2CC2)C2CC(C3CNN(CCS(C)(=O)=O)C3)CCC21. The van der Waals surface area contributed by atoms with Gasteiger partial charge in [0.15, 0.2) is 0 Å². The Balaban J connectivity index is 1.44. The molecule has 4 aliphatic rings. The molecule has 0 aromatic heterocycles. The van der Waals surface area contributed by atoms with Crippen LogP contribution < -0.4 is 5.43 Å². The smallest absolute Gasteiger partial charge is 0.226 e. The van der Waals surface area contributed by atoms with Crippen LogP contribution in [0, 0.1) is 17.8 Å². The Hall–Kier alpha value is -1.19. The Morgan fingerprint density at radius 2 is 1.77 bits per heavy atom. The topological polar surface area (TPSA) is 90.0 Å². The van der Waals surface area contributed by atoms with Gasteiger partial charge in [-0.25, -0.2) is 13.4 Å². The van der Waals surface area contributed by atoms with E-state index in [1.165, 1.54) is 6.26 Å². The van der Waals surface area contributed by atoms with Gasteiger partial charge in [0.2, 0.25) is 11.8 Å². The van der Waals surface area contributed by atoms with Crippen LogP contribution in [0.4, 0.5) is 0 Å². The predicted molar refractivity (Wildman–Crippen MR) is 114 cm³/mol. The first-order valence-corrected chi connectivity index (χ1v) is 13.5. The minimum absolute atomic E-state index is 0.0719. The molecule has 4 fully saturated rings. The molecule has 0 aromatic carbocycles. The fourth-order valence-corrected chi connectivity index (χ4v) is 6.42. The summed E-state index contributed by atoms with van der Waals surface area (Å²) in [6.45, 7) is 6.58. The van der Waals surface area contributed by atoms with E-state index in [1.807, 2.05) is 9.91 Å². The fourth-order valence-electron chi connectivity index (χ4n) is 5.87. The molecule has 0 radical (unpaired) electrons. The van der Waals surface area contributed by atoms with Crippen LogP contribution in [0.15, 0.2) is 0 Å². The molecule has 2 saturated carbocycles. The van der Waals surface area contributed by atoms with Gasteiger partial charge in [0.05, 0.1) is 17.8 Å². The number of amides is 2. The molecule has 0 spiro atoms. The number of hydrazine groups is 1.